The Bertz CT molecular complexity index is 958. The minimum atomic E-state index is -0.815. The topological polar surface area (TPSA) is 59.8 Å². The smallest absolute Gasteiger partial charge is 0.119 e. The minimum Gasteiger partial charge on any atom is -0.494 e. The van der Waals surface area contributed by atoms with Crippen molar-refractivity contribution in [2.24, 2.45) is 0 Å². The van der Waals surface area contributed by atoms with E-state index in [0.717, 1.165) is 56.2 Å². The second kappa shape index (κ2) is 10.7. The molecule has 1 aromatic heterocycles. The number of β-amino-alcohol motifs (C(OH)–C–C–N with tert-alkyl or cyclic N) is 1. The highest BCUT2D eigenvalue weighted by atomic mass is 16.5. The molecule has 1 saturated heterocycles. The number of hydrogen-bond donors (Lipinski definition) is 1. The van der Waals surface area contributed by atoms with Crippen molar-refractivity contribution < 1.29 is 14.6 Å². The molecule has 170 valence electrons. The lowest BCUT2D eigenvalue weighted by atomic mass is 9.93. The van der Waals surface area contributed by atoms with E-state index in [-0.39, 0.29) is 0 Å². The lowest BCUT2D eigenvalue weighted by Gasteiger charge is -2.39. The van der Waals surface area contributed by atoms with Gasteiger partial charge in [0.05, 0.1) is 6.61 Å². The predicted molar refractivity (Wildman–Crippen MR) is 125 cm³/mol. The second-order valence-corrected chi connectivity index (χ2v) is 8.65. The number of ether oxygens (including phenoxy) is 2. The van der Waals surface area contributed by atoms with Gasteiger partial charge in [-0.15, -0.1) is 0 Å². The first-order valence-corrected chi connectivity index (χ1v) is 11.4. The van der Waals surface area contributed by atoms with Gasteiger partial charge in [-0.3, -0.25) is 4.90 Å². The summed E-state index contributed by atoms with van der Waals surface area (Å²) >= 11 is 0. The van der Waals surface area contributed by atoms with Gasteiger partial charge in [-0.2, -0.15) is 0 Å². The van der Waals surface area contributed by atoms with Crippen LogP contribution in [0.15, 0.2) is 67.0 Å². The maximum Gasteiger partial charge on any atom is 0.119 e. The molecule has 6 nitrogen and oxygen atoms in total. The summed E-state index contributed by atoms with van der Waals surface area (Å²) in [7, 11) is 0. The van der Waals surface area contributed by atoms with E-state index in [9.17, 15) is 5.11 Å². The molecule has 0 aliphatic carbocycles. The molecular weight excluding hydrogens is 402 g/mol. The normalized spacial score (nSPS) is 19.1. The molecule has 4 rings (SSSR count). The van der Waals surface area contributed by atoms with E-state index in [4.69, 9.17) is 9.47 Å². The number of rotatable bonds is 10. The summed E-state index contributed by atoms with van der Waals surface area (Å²) in [4.78, 5) is 6.55. The standard InChI is InChI=1S/C26H33N3O3/c1-22-27-14-17-29(22)16-6-18-31-25-11-9-23(10-12-25)19-28-15-5-13-26(30,20-28)21-32-24-7-3-2-4-8-24/h2-4,7-12,14,17,30H,5-6,13,15-16,18-21H2,1H3/t26-/m0/s1. The van der Waals surface area contributed by atoms with Gasteiger partial charge in [-0.1, -0.05) is 30.3 Å². The van der Waals surface area contributed by atoms with Crippen LogP contribution in [0.2, 0.25) is 0 Å². The summed E-state index contributed by atoms with van der Waals surface area (Å²) < 4.78 is 13.9. The highest BCUT2D eigenvalue weighted by Crippen LogP contribution is 2.24. The Morgan fingerprint density at radius 1 is 1.03 bits per heavy atom. The van der Waals surface area contributed by atoms with Crippen LogP contribution in [0.4, 0.5) is 0 Å². The maximum absolute atomic E-state index is 11.0. The minimum absolute atomic E-state index is 0.318. The first kappa shape index (κ1) is 22.4. The molecule has 2 aromatic carbocycles. The van der Waals surface area contributed by atoms with Crippen molar-refractivity contribution in [3.8, 4) is 11.5 Å². The van der Waals surface area contributed by atoms with E-state index >= 15 is 0 Å². The molecule has 1 N–H and O–H groups in total. The summed E-state index contributed by atoms with van der Waals surface area (Å²) in [5.41, 5.74) is 0.407. The van der Waals surface area contributed by atoms with Crippen LogP contribution >= 0.6 is 0 Å². The fraction of sp³-hybridized carbons (Fsp3) is 0.423. The quantitative estimate of drug-likeness (QED) is 0.487. The van der Waals surface area contributed by atoms with Crippen LogP contribution < -0.4 is 9.47 Å². The molecule has 0 unspecified atom stereocenters. The molecule has 0 amide bonds. The number of aryl methyl sites for hydroxylation is 2. The molecule has 0 spiro atoms. The lowest BCUT2D eigenvalue weighted by molar-refractivity contribution is -0.0621. The fourth-order valence-electron chi connectivity index (χ4n) is 4.21. The van der Waals surface area contributed by atoms with Gasteiger partial charge in [0.1, 0.15) is 29.5 Å². The number of aromatic nitrogens is 2. The Morgan fingerprint density at radius 3 is 2.56 bits per heavy atom. The third kappa shape index (κ3) is 6.34. The van der Waals surface area contributed by atoms with Crippen LogP contribution in [-0.4, -0.2) is 51.5 Å². The van der Waals surface area contributed by atoms with Gasteiger partial charge in [-0.05, 0) is 62.6 Å². The number of benzene rings is 2. The van der Waals surface area contributed by atoms with E-state index in [0.29, 0.717) is 19.8 Å². The van der Waals surface area contributed by atoms with E-state index in [1.807, 2.05) is 61.8 Å². The second-order valence-electron chi connectivity index (χ2n) is 8.65. The Labute approximate surface area is 190 Å². The van der Waals surface area contributed by atoms with E-state index < -0.39 is 5.60 Å². The van der Waals surface area contributed by atoms with Crippen LogP contribution in [-0.2, 0) is 13.1 Å². The first-order chi connectivity index (χ1) is 15.6. The van der Waals surface area contributed by atoms with Crippen LogP contribution in [0, 0.1) is 6.92 Å². The summed E-state index contributed by atoms with van der Waals surface area (Å²) in [5.74, 6) is 2.72. The molecule has 1 atom stereocenters. The molecule has 3 aromatic rings. The maximum atomic E-state index is 11.0. The summed E-state index contributed by atoms with van der Waals surface area (Å²) in [5, 5.41) is 11.0. The molecular formula is C26H33N3O3. The monoisotopic (exact) mass is 435 g/mol. The fourth-order valence-corrected chi connectivity index (χ4v) is 4.21. The highest BCUT2D eigenvalue weighted by molar-refractivity contribution is 5.27. The molecule has 0 bridgehead atoms. The number of para-hydroxylation sites is 1. The summed E-state index contributed by atoms with van der Waals surface area (Å²) in [6.07, 6.45) is 6.50. The van der Waals surface area contributed by atoms with Crippen molar-refractivity contribution in [3.05, 3.63) is 78.4 Å². The Kier molecular flexibility index (Phi) is 7.45. The van der Waals surface area contributed by atoms with Crippen LogP contribution in [0.5, 0.6) is 11.5 Å². The Balaban J connectivity index is 1.21. The number of aliphatic hydroxyl groups is 1. The van der Waals surface area contributed by atoms with Crippen LogP contribution in [0.3, 0.4) is 0 Å². The van der Waals surface area contributed by atoms with Gasteiger partial charge >= 0.3 is 0 Å². The molecule has 1 aliphatic heterocycles. The average molecular weight is 436 g/mol. The van der Waals surface area contributed by atoms with Crippen molar-refractivity contribution in [2.75, 3.05) is 26.3 Å². The number of likely N-dealkylation sites (tertiary alicyclic amines) is 1. The van der Waals surface area contributed by atoms with E-state index in [2.05, 4.69) is 26.6 Å². The van der Waals surface area contributed by atoms with Gasteiger partial charge in [0.25, 0.3) is 0 Å². The van der Waals surface area contributed by atoms with Crippen LogP contribution in [0.1, 0.15) is 30.7 Å². The molecule has 0 saturated carbocycles. The third-order valence-electron chi connectivity index (χ3n) is 5.95. The summed E-state index contributed by atoms with van der Waals surface area (Å²) in [6.45, 7) is 6.34. The SMILES string of the molecule is Cc1nccn1CCCOc1ccc(CN2CCC[C@@](O)(COc3ccccc3)C2)cc1. The van der Waals surface area contributed by atoms with Gasteiger partial charge in [0.2, 0.25) is 0 Å². The molecule has 32 heavy (non-hydrogen) atoms. The zero-order chi connectivity index (χ0) is 22.2. The lowest BCUT2D eigenvalue weighted by Crippen LogP contribution is -2.51. The van der Waals surface area contributed by atoms with Gasteiger partial charge in [0, 0.05) is 32.0 Å². The van der Waals surface area contributed by atoms with E-state index in [1.54, 1.807) is 0 Å². The van der Waals surface area contributed by atoms with Gasteiger partial charge < -0.3 is 19.1 Å². The van der Waals surface area contributed by atoms with Crippen molar-refractivity contribution in [2.45, 2.75) is 44.9 Å². The van der Waals surface area contributed by atoms with Crippen molar-refractivity contribution in [3.63, 3.8) is 0 Å². The third-order valence-corrected chi connectivity index (χ3v) is 5.95. The van der Waals surface area contributed by atoms with Crippen LogP contribution in [0.25, 0.3) is 0 Å². The highest BCUT2D eigenvalue weighted by Gasteiger charge is 2.34. The zero-order valence-electron chi connectivity index (χ0n) is 18.8. The van der Waals surface area contributed by atoms with Crippen molar-refractivity contribution in [1.82, 2.24) is 14.5 Å². The molecule has 1 aliphatic rings. The van der Waals surface area contributed by atoms with Gasteiger partial charge in [0.15, 0.2) is 0 Å². The van der Waals surface area contributed by atoms with Crippen molar-refractivity contribution in [1.29, 1.82) is 0 Å². The van der Waals surface area contributed by atoms with Crippen molar-refractivity contribution >= 4 is 0 Å². The molecule has 2 heterocycles. The first-order valence-electron chi connectivity index (χ1n) is 11.4. The Morgan fingerprint density at radius 2 is 1.81 bits per heavy atom. The Hall–Kier alpha value is -2.83. The number of imidazole rings is 1. The van der Waals surface area contributed by atoms with E-state index in [1.165, 1.54) is 5.56 Å². The van der Waals surface area contributed by atoms with Gasteiger partial charge in [-0.25, -0.2) is 4.98 Å². The average Bonchev–Trinajstić information content (AvgIpc) is 3.22. The zero-order valence-corrected chi connectivity index (χ0v) is 18.8. The predicted octanol–water partition coefficient (Wildman–Crippen LogP) is 4.07. The molecule has 1 fully saturated rings. The number of nitrogens with zero attached hydrogens (tertiary/aromatic N) is 3. The number of hydrogen-bond acceptors (Lipinski definition) is 5. The number of piperidine rings is 1. The largest absolute Gasteiger partial charge is 0.494 e. The summed E-state index contributed by atoms with van der Waals surface area (Å²) in [6, 6.07) is 18.0. The molecule has 0 radical (unpaired) electrons. The molecule has 6 heteroatoms.